The van der Waals surface area contributed by atoms with E-state index < -0.39 is 0 Å². The van der Waals surface area contributed by atoms with Gasteiger partial charge in [-0.2, -0.15) is 0 Å². The number of hydrogen-bond donors (Lipinski definition) is 2. The van der Waals surface area contributed by atoms with Crippen molar-refractivity contribution in [3.8, 4) is 5.75 Å². The van der Waals surface area contributed by atoms with Gasteiger partial charge in [0.1, 0.15) is 5.75 Å². The van der Waals surface area contributed by atoms with Crippen LogP contribution >= 0.6 is 0 Å². The SMILES string of the molecule is O=C(CCCOc1ccccc1)Nc1cccc(C(=O)NC2CC2)c1. The van der Waals surface area contributed by atoms with Crippen LogP contribution in [-0.2, 0) is 4.79 Å². The molecule has 1 aliphatic carbocycles. The number of rotatable bonds is 8. The number of nitrogens with one attached hydrogen (secondary N) is 2. The lowest BCUT2D eigenvalue weighted by atomic mass is 10.2. The van der Waals surface area contributed by atoms with E-state index in [2.05, 4.69) is 10.6 Å². The van der Waals surface area contributed by atoms with Crippen LogP contribution < -0.4 is 15.4 Å². The van der Waals surface area contributed by atoms with E-state index in [0.717, 1.165) is 18.6 Å². The molecule has 25 heavy (non-hydrogen) atoms. The fourth-order valence-corrected chi connectivity index (χ4v) is 2.40. The van der Waals surface area contributed by atoms with Gasteiger partial charge in [0.2, 0.25) is 5.91 Å². The highest BCUT2D eigenvalue weighted by Crippen LogP contribution is 2.20. The molecule has 2 N–H and O–H groups in total. The zero-order chi connectivity index (χ0) is 17.5. The van der Waals surface area contributed by atoms with Gasteiger partial charge >= 0.3 is 0 Å². The Morgan fingerprint density at radius 1 is 1.04 bits per heavy atom. The molecule has 5 heteroatoms. The number of carbonyl (C=O) groups is 2. The second-order valence-electron chi connectivity index (χ2n) is 6.14. The first-order chi connectivity index (χ1) is 12.2. The smallest absolute Gasteiger partial charge is 0.251 e. The van der Waals surface area contributed by atoms with Crippen molar-refractivity contribution >= 4 is 17.5 Å². The summed E-state index contributed by atoms with van der Waals surface area (Å²) in [5, 5.41) is 5.77. The highest BCUT2D eigenvalue weighted by atomic mass is 16.5. The molecule has 1 aliphatic rings. The highest BCUT2D eigenvalue weighted by molar-refractivity contribution is 5.97. The summed E-state index contributed by atoms with van der Waals surface area (Å²) in [5.41, 5.74) is 1.20. The first-order valence-corrected chi connectivity index (χ1v) is 8.59. The summed E-state index contributed by atoms with van der Waals surface area (Å²) in [6.45, 7) is 0.487. The Bertz CT molecular complexity index is 727. The zero-order valence-electron chi connectivity index (χ0n) is 14.0. The van der Waals surface area contributed by atoms with Crippen molar-refractivity contribution in [1.82, 2.24) is 5.32 Å². The number of para-hydroxylation sites is 1. The molecule has 1 fully saturated rings. The molecular weight excluding hydrogens is 316 g/mol. The molecule has 3 rings (SSSR count). The minimum atomic E-state index is -0.0881. The molecule has 0 atom stereocenters. The van der Waals surface area contributed by atoms with E-state index in [9.17, 15) is 9.59 Å². The average molecular weight is 338 g/mol. The van der Waals surface area contributed by atoms with Gasteiger partial charge in [0, 0.05) is 23.7 Å². The maximum Gasteiger partial charge on any atom is 0.251 e. The van der Waals surface area contributed by atoms with Crippen molar-refractivity contribution in [2.75, 3.05) is 11.9 Å². The van der Waals surface area contributed by atoms with Crippen LogP contribution in [0.3, 0.4) is 0 Å². The Morgan fingerprint density at radius 2 is 1.84 bits per heavy atom. The van der Waals surface area contributed by atoms with Crippen LogP contribution in [0.1, 0.15) is 36.0 Å². The van der Waals surface area contributed by atoms with Gasteiger partial charge in [-0.05, 0) is 49.6 Å². The monoisotopic (exact) mass is 338 g/mol. The third kappa shape index (κ3) is 5.64. The van der Waals surface area contributed by atoms with Crippen LogP contribution in [0.15, 0.2) is 54.6 Å². The molecule has 2 aromatic carbocycles. The Labute approximate surface area is 147 Å². The van der Waals surface area contributed by atoms with Crippen molar-refractivity contribution in [3.63, 3.8) is 0 Å². The number of anilines is 1. The van der Waals surface area contributed by atoms with Crippen LogP contribution in [0.25, 0.3) is 0 Å². The molecule has 0 aromatic heterocycles. The van der Waals surface area contributed by atoms with Crippen molar-refractivity contribution in [2.24, 2.45) is 0 Å². The van der Waals surface area contributed by atoms with Gasteiger partial charge in [-0.1, -0.05) is 24.3 Å². The maximum atomic E-state index is 12.0. The molecule has 2 aromatic rings. The first-order valence-electron chi connectivity index (χ1n) is 8.59. The summed E-state index contributed by atoms with van der Waals surface area (Å²) in [4.78, 5) is 24.1. The molecule has 0 unspecified atom stereocenters. The van der Waals surface area contributed by atoms with Crippen LogP contribution in [-0.4, -0.2) is 24.5 Å². The van der Waals surface area contributed by atoms with Crippen LogP contribution in [0.5, 0.6) is 5.75 Å². The first kappa shape index (κ1) is 17.0. The van der Waals surface area contributed by atoms with Crippen LogP contribution in [0.4, 0.5) is 5.69 Å². The van der Waals surface area contributed by atoms with Gasteiger partial charge in [0.05, 0.1) is 6.61 Å². The predicted molar refractivity (Wildman–Crippen MR) is 96.7 cm³/mol. The lowest BCUT2D eigenvalue weighted by molar-refractivity contribution is -0.116. The molecule has 2 amide bonds. The van der Waals surface area contributed by atoms with E-state index in [1.54, 1.807) is 24.3 Å². The highest BCUT2D eigenvalue weighted by Gasteiger charge is 2.23. The quantitative estimate of drug-likeness (QED) is 0.725. The number of benzene rings is 2. The standard InChI is InChI=1S/C20H22N2O3/c23-19(10-5-13-25-18-8-2-1-3-9-18)21-17-7-4-6-15(14-17)20(24)22-16-11-12-16/h1-4,6-9,14,16H,5,10-13H2,(H,21,23)(H,22,24). The van der Waals surface area contributed by atoms with E-state index in [1.807, 2.05) is 30.3 Å². The molecule has 0 spiro atoms. The molecule has 0 heterocycles. The molecule has 0 bridgehead atoms. The largest absolute Gasteiger partial charge is 0.494 e. The molecule has 0 radical (unpaired) electrons. The second-order valence-corrected chi connectivity index (χ2v) is 6.14. The van der Waals surface area contributed by atoms with E-state index in [1.165, 1.54) is 0 Å². The number of carbonyl (C=O) groups excluding carboxylic acids is 2. The maximum absolute atomic E-state index is 12.0. The molecule has 0 aliphatic heterocycles. The van der Waals surface area contributed by atoms with Gasteiger partial charge in [-0.25, -0.2) is 0 Å². The number of hydrogen-bond acceptors (Lipinski definition) is 3. The molecule has 0 saturated heterocycles. The van der Waals surface area contributed by atoms with Crippen molar-refractivity contribution in [3.05, 3.63) is 60.2 Å². The molecular formula is C20H22N2O3. The Balaban J connectivity index is 1.42. The average Bonchev–Trinajstić information content (AvgIpc) is 3.44. The summed E-state index contributed by atoms with van der Waals surface area (Å²) >= 11 is 0. The predicted octanol–water partition coefficient (Wildman–Crippen LogP) is 3.38. The van der Waals surface area contributed by atoms with Gasteiger partial charge in [-0.15, -0.1) is 0 Å². The van der Waals surface area contributed by atoms with Crippen molar-refractivity contribution in [1.29, 1.82) is 0 Å². The third-order valence-corrected chi connectivity index (χ3v) is 3.88. The minimum absolute atomic E-state index is 0.0867. The summed E-state index contributed by atoms with van der Waals surface area (Å²) < 4.78 is 5.57. The molecule has 130 valence electrons. The third-order valence-electron chi connectivity index (χ3n) is 3.88. The van der Waals surface area contributed by atoms with Crippen molar-refractivity contribution < 1.29 is 14.3 Å². The minimum Gasteiger partial charge on any atom is -0.494 e. The number of ether oxygens (including phenoxy) is 1. The van der Waals surface area contributed by atoms with Gasteiger partial charge in [0.15, 0.2) is 0 Å². The van der Waals surface area contributed by atoms with Gasteiger partial charge in [-0.3, -0.25) is 9.59 Å². The Kier molecular flexibility index (Phi) is 5.67. The van der Waals surface area contributed by atoms with E-state index in [4.69, 9.17) is 4.74 Å². The van der Waals surface area contributed by atoms with Gasteiger partial charge < -0.3 is 15.4 Å². The van der Waals surface area contributed by atoms with E-state index in [-0.39, 0.29) is 11.8 Å². The summed E-state index contributed by atoms with van der Waals surface area (Å²) in [5.74, 6) is 0.628. The Morgan fingerprint density at radius 3 is 2.60 bits per heavy atom. The fraction of sp³-hybridized carbons (Fsp3) is 0.300. The van der Waals surface area contributed by atoms with Crippen LogP contribution in [0.2, 0.25) is 0 Å². The van der Waals surface area contributed by atoms with E-state index in [0.29, 0.717) is 36.7 Å². The zero-order valence-corrected chi connectivity index (χ0v) is 14.0. The second kappa shape index (κ2) is 8.33. The number of amides is 2. The summed E-state index contributed by atoms with van der Waals surface area (Å²) in [6, 6.07) is 16.9. The molecule has 1 saturated carbocycles. The van der Waals surface area contributed by atoms with Crippen molar-refractivity contribution in [2.45, 2.75) is 31.7 Å². The topological polar surface area (TPSA) is 67.4 Å². The van der Waals surface area contributed by atoms with E-state index >= 15 is 0 Å². The Hall–Kier alpha value is -2.82. The fourth-order valence-electron chi connectivity index (χ4n) is 2.40. The lowest BCUT2D eigenvalue weighted by Gasteiger charge is -2.09. The summed E-state index contributed by atoms with van der Waals surface area (Å²) in [6.07, 6.45) is 3.09. The normalized spacial score (nSPS) is 13.1. The van der Waals surface area contributed by atoms with Gasteiger partial charge in [0.25, 0.3) is 5.91 Å². The molecule has 5 nitrogen and oxygen atoms in total. The summed E-state index contributed by atoms with van der Waals surface area (Å²) in [7, 11) is 0. The van der Waals surface area contributed by atoms with Crippen LogP contribution in [0, 0.1) is 0 Å². The lowest BCUT2D eigenvalue weighted by Crippen LogP contribution is -2.25.